The van der Waals surface area contributed by atoms with Crippen LogP contribution in [0.3, 0.4) is 0 Å². The second kappa shape index (κ2) is 4.84. The Balaban J connectivity index is 2.09. The van der Waals surface area contributed by atoms with Gasteiger partial charge in [0.15, 0.2) is 0 Å². The number of rotatable bonds is 4. The van der Waals surface area contributed by atoms with Crippen LogP contribution in [0.1, 0.15) is 30.9 Å². The zero-order valence-corrected chi connectivity index (χ0v) is 9.51. The average molecular weight is 217 g/mol. The van der Waals surface area contributed by atoms with Crippen molar-refractivity contribution in [3.8, 4) is 5.75 Å². The maximum atomic E-state index is 5.74. The van der Waals surface area contributed by atoms with Crippen molar-refractivity contribution in [2.45, 2.75) is 26.4 Å². The molecule has 3 heteroatoms. The minimum atomic E-state index is 0.457. The highest BCUT2D eigenvalue weighted by atomic mass is 16.5. The van der Waals surface area contributed by atoms with E-state index < -0.39 is 0 Å². The smallest absolute Gasteiger partial charge is 0.130 e. The maximum Gasteiger partial charge on any atom is 0.130 e. The molecule has 0 bridgehead atoms. The molecule has 84 valence electrons. The Bertz CT molecular complexity index is 435. The quantitative estimate of drug-likeness (QED) is 0.787. The second-order valence-corrected chi connectivity index (χ2v) is 4.01. The van der Waals surface area contributed by atoms with Gasteiger partial charge in [-0.3, -0.25) is 0 Å². The molecule has 3 nitrogen and oxygen atoms in total. The Morgan fingerprint density at radius 2 is 2.12 bits per heavy atom. The third-order valence-corrected chi connectivity index (χ3v) is 2.42. The van der Waals surface area contributed by atoms with E-state index in [2.05, 4.69) is 25.1 Å². The second-order valence-electron chi connectivity index (χ2n) is 4.01. The number of nitrogens with zero attached hydrogens (tertiary/aromatic N) is 1. The molecule has 1 aromatic heterocycles. The molecule has 0 N–H and O–H groups in total. The largest absolute Gasteiger partial charge is 0.488 e. The highest BCUT2D eigenvalue weighted by Gasteiger charge is 2.07. The molecule has 1 heterocycles. The lowest BCUT2D eigenvalue weighted by Gasteiger charge is -2.12. The zero-order chi connectivity index (χ0) is 11.4. The first kappa shape index (κ1) is 10.7. The van der Waals surface area contributed by atoms with Crippen LogP contribution in [0.25, 0.3) is 0 Å². The maximum absolute atomic E-state index is 5.74. The van der Waals surface area contributed by atoms with Crippen molar-refractivity contribution in [3.05, 3.63) is 47.9 Å². The molecule has 0 aliphatic rings. The lowest BCUT2D eigenvalue weighted by molar-refractivity contribution is 0.300. The molecule has 0 spiro atoms. The van der Waals surface area contributed by atoms with E-state index in [0.29, 0.717) is 12.5 Å². The molecule has 0 fully saturated rings. The van der Waals surface area contributed by atoms with E-state index in [1.54, 1.807) is 12.5 Å². The molecule has 2 rings (SSSR count). The molecule has 0 unspecified atom stereocenters. The number of ether oxygens (including phenoxy) is 1. The van der Waals surface area contributed by atoms with Gasteiger partial charge in [0.1, 0.15) is 18.6 Å². The Morgan fingerprint density at radius 1 is 1.31 bits per heavy atom. The normalized spacial score (nSPS) is 10.7. The number of hydrogen-bond donors (Lipinski definition) is 0. The third-order valence-electron chi connectivity index (χ3n) is 2.42. The Labute approximate surface area is 95.0 Å². The Kier molecular flexibility index (Phi) is 3.25. The molecule has 0 amide bonds. The third kappa shape index (κ3) is 2.42. The van der Waals surface area contributed by atoms with Crippen LogP contribution in [-0.4, -0.2) is 5.16 Å². The van der Waals surface area contributed by atoms with Crippen LogP contribution in [0, 0.1) is 0 Å². The van der Waals surface area contributed by atoms with Crippen molar-refractivity contribution >= 4 is 0 Å². The van der Waals surface area contributed by atoms with Crippen LogP contribution in [0.15, 0.2) is 41.2 Å². The summed E-state index contributed by atoms with van der Waals surface area (Å²) in [5, 5.41) is 3.64. The summed E-state index contributed by atoms with van der Waals surface area (Å²) in [7, 11) is 0. The molecule has 0 radical (unpaired) electrons. The fourth-order valence-electron chi connectivity index (χ4n) is 1.55. The summed E-state index contributed by atoms with van der Waals surface area (Å²) in [5.41, 5.74) is 2.16. The van der Waals surface area contributed by atoms with Crippen molar-refractivity contribution in [1.82, 2.24) is 5.16 Å². The zero-order valence-electron chi connectivity index (χ0n) is 9.51. The van der Waals surface area contributed by atoms with Crippen LogP contribution in [0.4, 0.5) is 0 Å². The van der Waals surface area contributed by atoms with Gasteiger partial charge in [-0.25, -0.2) is 0 Å². The summed E-state index contributed by atoms with van der Waals surface area (Å²) in [6.45, 7) is 4.80. The van der Waals surface area contributed by atoms with Gasteiger partial charge in [0.25, 0.3) is 0 Å². The number of benzene rings is 1. The topological polar surface area (TPSA) is 35.3 Å². The van der Waals surface area contributed by atoms with E-state index in [1.165, 1.54) is 5.56 Å². The number of aromatic nitrogens is 1. The lowest BCUT2D eigenvalue weighted by Crippen LogP contribution is -1.98. The van der Waals surface area contributed by atoms with Crippen molar-refractivity contribution in [2.24, 2.45) is 0 Å². The summed E-state index contributed by atoms with van der Waals surface area (Å²) in [6.07, 6.45) is 3.26. The highest BCUT2D eigenvalue weighted by molar-refractivity contribution is 5.35. The summed E-state index contributed by atoms with van der Waals surface area (Å²) >= 11 is 0. The molecule has 1 aromatic carbocycles. The molecule has 0 aliphatic carbocycles. The van der Waals surface area contributed by atoms with Gasteiger partial charge in [-0.2, -0.15) is 0 Å². The standard InChI is InChI=1S/C13H15NO2/c1-10(2)12-5-3-4-6-13(12)15-8-11-7-14-16-9-11/h3-7,9-10H,8H2,1-2H3. The van der Waals surface area contributed by atoms with E-state index in [1.807, 2.05) is 18.2 Å². The average Bonchev–Trinajstić information content (AvgIpc) is 2.79. The molecule has 0 atom stereocenters. The number of hydrogen-bond acceptors (Lipinski definition) is 3. The van der Waals surface area contributed by atoms with Gasteiger partial charge >= 0.3 is 0 Å². The minimum absolute atomic E-state index is 0.457. The van der Waals surface area contributed by atoms with E-state index in [-0.39, 0.29) is 0 Å². The van der Waals surface area contributed by atoms with Crippen LogP contribution in [-0.2, 0) is 6.61 Å². The molecule has 2 aromatic rings. The Hall–Kier alpha value is -1.77. The summed E-state index contributed by atoms with van der Waals surface area (Å²) in [5.74, 6) is 1.39. The van der Waals surface area contributed by atoms with E-state index >= 15 is 0 Å². The molecular formula is C13H15NO2. The van der Waals surface area contributed by atoms with Crippen LogP contribution < -0.4 is 4.74 Å². The van der Waals surface area contributed by atoms with Crippen molar-refractivity contribution in [3.63, 3.8) is 0 Å². The van der Waals surface area contributed by atoms with Gasteiger partial charge in [0.05, 0.1) is 6.20 Å². The molecular weight excluding hydrogens is 202 g/mol. The first-order valence-corrected chi connectivity index (χ1v) is 5.37. The summed E-state index contributed by atoms with van der Waals surface area (Å²) in [6, 6.07) is 8.09. The fourth-order valence-corrected chi connectivity index (χ4v) is 1.55. The van der Waals surface area contributed by atoms with E-state index in [9.17, 15) is 0 Å². The monoisotopic (exact) mass is 217 g/mol. The first-order valence-electron chi connectivity index (χ1n) is 5.37. The number of para-hydroxylation sites is 1. The molecule has 16 heavy (non-hydrogen) atoms. The molecule has 0 aliphatic heterocycles. The SMILES string of the molecule is CC(C)c1ccccc1OCc1cnoc1. The Morgan fingerprint density at radius 3 is 2.81 bits per heavy atom. The molecule has 0 saturated carbocycles. The van der Waals surface area contributed by atoms with Crippen molar-refractivity contribution < 1.29 is 9.26 Å². The van der Waals surface area contributed by atoms with E-state index in [0.717, 1.165) is 11.3 Å². The van der Waals surface area contributed by atoms with Gasteiger partial charge < -0.3 is 9.26 Å². The predicted octanol–water partition coefficient (Wildman–Crippen LogP) is 3.38. The summed E-state index contributed by atoms with van der Waals surface area (Å²) < 4.78 is 10.5. The van der Waals surface area contributed by atoms with E-state index in [4.69, 9.17) is 9.26 Å². The van der Waals surface area contributed by atoms with Crippen molar-refractivity contribution in [2.75, 3.05) is 0 Å². The van der Waals surface area contributed by atoms with Gasteiger partial charge in [0.2, 0.25) is 0 Å². The van der Waals surface area contributed by atoms with Gasteiger partial charge in [0, 0.05) is 5.56 Å². The first-order chi connectivity index (χ1) is 7.77. The van der Waals surface area contributed by atoms with Gasteiger partial charge in [-0.1, -0.05) is 37.2 Å². The lowest BCUT2D eigenvalue weighted by atomic mass is 10.0. The summed E-state index contributed by atoms with van der Waals surface area (Å²) in [4.78, 5) is 0. The van der Waals surface area contributed by atoms with Crippen molar-refractivity contribution in [1.29, 1.82) is 0 Å². The van der Waals surface area contributed by atoms with Crippen LogP contribution in [0.2, 0.25) is 0 Å². The minimum Gasteiger partial charge on any atom is -0.488 e. The highest BCUT2D eigenvalue weighted by Crippen LogP contribution is 2.26. The van der Waals surface area contributed by atoms with Gasteiger partial charge in [-0.05, 0) is 17.5 Å². The van der Waals surface area contributed by atoms with Gasteiger partial charge in [-0.15, -0.1) is 0 Å². The van der Waals surface area contributed by atoms with Crippen LogP contribution >= 0.6 is 0 Å². The fraction of sp³-hybridized carbons (Fsp3) is 0.308. The molecule has 0 saturated heterocycles. The predicted molar refractivity (Wildman–Crippen MR) is 61.4 cm³/mol. The van der Waals surface area contributed by atoms with Crippen LogP contribution in [0.5, 0.6) is 5.75 Å².